The Bertz CT molecular complexity index is 153. The number of hydrogen-bond acceptors (Lipinski definition) is 4. The molecule has 0 fully saturated rings. The minimum absolute atomic E-state index is 0.132. The van der Waals surface area contributed by atoms with Crippen LogP contribution in [-0.2, 0) is 10.1 Å². The van der Waals surface area contributed by atoms with E-state index in [1.807, 2.05) is 0 Å². The van der Waals surface area contributed by atoms with Gasteiger partial charge in [0.15, 0.2) is 0 Å². The molecule has 0 bridgehead atoms. The van der Waals surface area contributed by atoms with Gasteiger partial charge in [0, 0.05) is 13.1 Å². The van der Waals surface area contributed by atoms with Crippen molar-refractivity contribution in [2.45, 2.75) is 13.3 Å². The molecule has 0 unspecified atom stereocenters. The van der Waals surface area contributed by atoms with Gasteiger partial charge in [0.2, 0.25) is 0 Å². The van der Waals surface area contributed by atoms with Crippen LogP contribution in [-0.4, -0.2) is 31.8 Å². The van der Waals surface area contributed by atoms with Gasteiger partial charge in [-0.05, 0) is 6.42 Å². The van der Waals surface area contributed by atoms with E-state index in [-0.39, 0.29) is 5.75 Å². The fourth-order valence-electron chi connectivity index (χ4n) is 0.258. The second-order valence-corrected chi connectivity index (χ2v) is 3.44. The van der Waals surface area contributed by atoms with Gasteiger partial charge in [-0.15, -0.1) is 0 Å². The molecule has 0 aromatic heterocycles. The Kier molecular flexibility index (Phi) is 9.68. The molecule has 0 aliphatic heterocycles. The van der Waals surface area contributed by atoms with Gasteiger partial charge in [-0.3, -0.25) is 4.55 Å². The molecule has 0 heterocycles. The smallest absolute Gasteiger partial charge is 0.264 e. The van der Waals surface area contributed by atoms with E-state index in [0.717, 1.165) is 0 Å². The molecular weight excluding hydrogens is 168 g/mol. The van der Waals surface area contributed by atoms with E-state index in [4.69, 9.17) is 16.0 Å². The second kappa shape index (κ2) is 7.93. The zero-order chi connectivity index (χ0) is 9.33. The second-order valence-electron chi connectivity index (χ2n) is 1.86. The summed E-state index contributed by atoms with van der Waals surface area (Å²) >= 11 is 0. The Hall–Kier alpha value is -0.170. The first-order valence-corrected chi connectivity index (χ1v) is 4.94. The first-order valence-electron chi connectivity index (χ1n) is 3.33. The predicted octanol–water partition coefficient (Wildman–Crippen LogP) is -0.812. The van der Waals surface area contributed by atoms with Gasteiger partial charge in [-0.1, -0.05) is 6.92 Å². The SMILES string of the molecule is CCCS(=O)(=O)O.NCCN. The van der Waals surface area contributed by atoms with E-state index in [1.54, 1.807) is 6.92 Å². The highest BCUT2D eigenvalue weighted by atomic mass is 32.2. The maximum Gasteiger partial charge on any atom is 0.264 e. The molecule has 0 aromatic carbocycles. The summed E-state index contributed by atoms with van der Waals surface area (Å²) in [5, 5.41) is 0. The molecule has 0 aromatic rings. The predicted molar refractivity (Wildman–Crippen MR) is 44.8 cm³/mol. The lowest BCUT2D eigenvalue weighted by Crippen LogP contribution is -2.11. The topological polar surface area (TPSA) is 106 Å². The Morgan fingerprint density at radius 2 is 1.64 bits per heavy atom. The summed E-state index contributed by atoms with van der Waals surface area (Å²) < 4.78 is 27.6. The molecule has 0 rings (SSSR count). The normalized spacial score (nSPS) is 10.2. The van der Waals surface area contributed by atoms with Crippen LogP contribution in [0.25, 0.3) is 0 Å². The molecule has 0 radical (unpaired) electrons. The first-order chi connectivity index (χ1) is 4.97. The van der Waals surface area contributed by atoms with E-state index in [1.165, 1.54) is 0 Å². The first kappa shape index (κ1) is 13.4. The molecule has 0 saturated heterocycles. The maximum atomic E-state index is 9.79. The van der Waals surface area contributed by atoms with Crippen LogP contribution in [0.1, 0.15) is 13.3 Å². The van der Waals surface area contributed by atoms with Crippen molar-refractivity contribution >= 4 is 10.1 Å². The molecule has 0 saturated carbocycles. The van der Waals surface area contributed by atoms with Crippen LogP contribution in [0.2, 0.25) is 0 Å². The van der Waals surface area contributed by atoms with E-state index in [2.05, 4.69) is 0 Å². The highest BCUT2D eigenvalue weighted by molar-refractivity contribution is 7.85. The molecule has 5 nitrogen and oxygen atoms in total. The lowest BCUT2D eigenvalue weighted by molar-refractivity contribution is 0.482. The van der Waals surface area contributed by atoms with Gasteiger partial charge in [-0.2, -0.15) is 8.42 Å². The van der Waals surface area contributed by atoms with Crippen molar-refractivity contribution in [1.82, 2.24) is 0 Å². The molecule has 0 atom stereocenters. The fraction of sp³-hybridized carbons (Fsp3) is 1.00. The van der Waals surface area contributed by atoms with Crippen LogP contribution < -0.4 is 11.5 Å². The highest BCUT2D eigenvalue weighted by Gasteiger charge is 1.98. The molecule has 0 aliphatic carbocycles. The van der Waals surface area contributed by atoms with E-state index in [9.17, 15) is 8.42 Å². The lowest BCUT2D eigenvalue weighted by atomic mass is 10.6. The third-order valence-electron chi connectivity index (χ3n) is 0.629. The van der Waals surface area contributed by atoms with Crippen LogP contribution >= 0.6 is 0 Å². The maximum absolute atomic E-state index is 9.79. The van der Waals surface area contributed by atoms with Crippen molar-refractivity contribution in [3.63, 3.8) is 0 Å². The molecule has 6 heteroatoms. The number of rotatable bonds is 3. The van der Waals surface area contributed by atoms with Crippen LogP contribution in [0.3, 0.4) is 0 Å². The van der Waals surface area contributed by atoms with Crippen molar-refractivity contribution in [3.8, 4) is 0 Å². The summed E-state index contributed by atoms with van der Waals surface area (Å²) in [6.45, 7) is 2.88. The monoisotopic (exact) mass is 184 g/mol. The van der Waals surface area contributed by atoms with Crippen molar-refractivity contribution in [2.75, 3.05) is 18.8 Å². The molecule has 5 N–H and O–H groups in total. The molecule has 0 spiro atoms. The van der Waals surface area contributed by atoms with Crippen molar-refractivity contribution in [2.24, 2.45) is 11.5 Å². The molecule has 70 valence electrons. The largest absolute Gasteiger partial charge is 0.329 e. The molecular formula is C5H16N2O3S. The van der Waals surface area contributed by atoms with Crippen LogP contribution in [0.4, 0.5) is 0 Å². The molecule has 0 aliphatic rings. The van der Waals surface area contributed by atoms with Gasteiger partial charge in [-0.25, -0.2) is 0 Å². The molecule has 0 amide bonds. The summed E-state index contributed by atoms with van der Waals surface area (Å²) in [5.41, 5.74) is 9.81. The summed E-state index contributed by atoms with van der Waals surface area (Å²) in [6, 6.07) is 0. The molecule has 11 heavy (non-hydrogen) atoms. The van der Waals surface area contributed by atoms with Crippen LogP contribution in [0.15, 0.2) is 0 Å². The highest BCUT2D eigenvalue weighted by Crippen LogP contribution is 1.83. The number of hydrogen-bond donors (Lipinski definition) is 3. The zero-order valence-corrected chi connectivity index (χ0v) is 7.47. The van der Waals surface area contributed by atoms with E-state index >= 15 is 0 Å². The van der Waals surface area contributed by atoms with Crippen molar-refractivity contribution < 1.29 is 13.0 Å². The quantitative estimate of drug-likeness (QED) is 0.497. The van der Waals surface area contributed by atoms with Gasteiger partial charge in [0.05, 0.1) is 5.75 Å². The lowest BCUT2D eigenvalue weighted by Gasteiger charge is -1.85. The van der Waals surface area contributed by atoms with Crippen LogP contribution in [0.5, 0.6) is 0 Å². The van der Waals surface area contributed by atoms with Crippen molar-refractivity contribution in [3.05, 3.63) is 0 Å². The standard InChI is InChI=1S/C3H8O3S.C2H8N2/c1-2-3-7(4,5)6;3-1-2-4/h2-3H2,1H3,(H,4,5,6);1-4H2. The third kappa shape index (κ3) is 25.8. The van der Waals surface area contributed by atoms with E-state index in [0.29, 0.717) is 19.5 Å². The fourth-order valence-corrected chi connectivity index (χ4v) is 0.774. The Morgan fingerprint density at radius 3 is 1.64 bits per heavy atom. The Balaban J connectivity index is 0. The third-order valence-corrected chi connectivity index (χ3v) is 1.55. The summed E-state index contributed by atoms with van der Waals surface area (Å²) in [5.74, 6) is -0.132. The van der Waals surface area contributed by atoms with Gasteiger partial charge in [0.25, 0.3) is 10.1 Å². The Morgan fingerprint density at radius 1 is 1.27 bits per heavy atom. The van der Waals surface area contributed by atoms with E-state index < -0.39 is 10.1 Å². The summed E-state index contributed by atoms with van der Waals surface area (Å²) in [6.07, 6.45) is 0.471. The average Bonchev–Trinajstić information content (AvgIpc) is 1.86. The minimum atomic E-state index is -3.67. The van der Waals surface area contributed by atoms with Crippen molar-refractivity contribution in [1.29, 1.82) is 0 Å². The van der Waals surface area contributed by atoms with Gasteiger partial charge >= 0.3 is 0 Å². The minimum Gasteiger partial charge on any atom is -0.329 e. The summed E-state index contributed by atoms with van der Waals surface area (Å²) in [7, 11) is -3.67. The van der Waals surface area contributed by atoms with Gasteiger partial charge in [0.1, 0.15) is 0 Å². The Labute approximate surface area is 67.5 Å². The summed E-state index contributed by atoms with van der Waals surface area (Å²) in [4.78, 5) is 0. The van der Waals surface area contributed by atoms with Gasteiger partial charge < -0.3 is 11.5 Å². The zero-order valence-electron chi connectivity index (χ0n) is 6.66. The van der Waals surface area contributed by atoms with Crippen LogP contribution in [0, 0.1) is 0 Å². The average molecular weight is 184 g/mol. The number of nitrogens with two attached hydrogens (primary N) is 2.